The standard InChI is InChI=1S/C19H15N3O6S.C3H8/c23-17(24)9-20-29(25,26)12-4-5-13-14-7-11(3-6-15(14)27-16(13)8-12)18-21-19(28-22-18)10-1-2-10;1-3-2/h3-8,10,20H,1-2,9H2,(H,23,24);3H2,1-2H3. The Morgan fingerprint density at radius 1 is 1.12 bits per heavy atom. The summed E-state index contributed by atoms with van der Waals surface area (Å²) >= 11 is 0. The Kier molecular flexibility index (Phi) is 5.98. The number of carboxylic acid groups (broad SMARTS) is 1. The molecule has 1 saturated carbocycles. The maximum Gasteiger partial charge on any atom is 0.318 e. The first-order chi connectivity index (χ1) is 15.3. The van der Waals surface area contributed by atoms with Gasteiger partial charge in [-0.05, 0) is 43.2 Å². The van der Waals surface area contributed by atoms with Gasteiger partial charge in [-0.3, -0.25) is 4.79 Å². The smallest absolute Gasteiger partial charge is 0.318 e. The van der Waals surface area contributed by atoms with Gasteiger partial charge in [0.05, 0.1) is 4.90 Å². The van der Waals surface area contributed by atoms with Crippen molar-refractivity contribution >= 4 is 37.9 Å². The van der Waals surface area contributed by atoms with Gasteiger partial charge in [-0.2, -0.15) is 9.71 Å². The third-order valence-electron chi connectivity index (χ3n) is 4.79. The number of carbonyl (C=O) groups is 1. The van der Waals surface area contributed by atoms with Gasteiger partial charge in [-0.25, -0.2) is 8.42 Å². The SMILES string of the molecule is CCC.O=C(O)CNS(=O)(=O)c1ccc2c(c1)oc1ccc(-c3noc(C4CC4)n3)cc12. The Labute approximate surface area is 184 Å². The van der Waals surface area contributed by atoms with Gasteiger partial charge in [0.25, 0.3) is 0 Å². The van der Waals surface area contributed by atoms with E-state index in [2.05, 4.69) is 24.0 Å². The molecule has 1 fully saturated rings. The van der Waals surface area contributed by atoms with Gasteiger partial charge in [0, 0.05) is 28.3 Å². The van der Waals surface area contributed by atoms with E-state index in [0.29, 0.717) is 28.8 Å². The van der Waals surface area contributed by atoms with Crippen molar-refractivity contribution in [3.05, 3.63) is 42.3 Å². The normalized spacial score (nSPS) is 13.8. The van der Waals surface area contributed by atoms with Crippen LogP contribution in [0.25, 0.3) is 33.3 Å². The van der Waals surface area contributed by atoms with Crippen LogP contribution in [0.2, 0.25) is 0 Å². The lowest BCUT2D eigenvalue weighted by molar-refractivity contribution is -0.135. The molecular weight excluding hydrogens is 434 g/mol. The molecule has 2 N–H and O–H groups in total. The summed E-state index contributed by atoms with van der Waals surface area (Å²) in [4.78, 5) is 15.0. The molecule has 1 aliphatic carbocycles. The molecule has 9 nitrogen and oxygen atoms in total. The van der Waals surface area contributed by atoms with Gasteiger partial charge in [0.1, 0.15) is 17.7 Å². The molecule has 0 spiro atoms. The van der Waals surface area contributed by atoms with E-state index in [1.54, 1.807) is 12.1 Å². The number of nitrogens with one attached hydrogen (secondary N) is 1. The summed E-state index contributed by atoms with van der Waals surface area (Å²) in [5.74, 6) is 0.253. The zero-order valence-electron chi connectivity index (χ0n) is 17.7. The highest BCUT2D eigenvalue weighted by molar-refractivity contribution is 7.89. The molecular formula is C22H23N3O6S. The largest absolute Gasteiger partial charge is 0.480 e. The summed E-state index contributed by atoms with van der Waals surface area (Å²) in [6, 6.07) is 9.88. The molecule has 5 rings (SSSR count). The fraction of sp³-hybridized carbons (Fsp3) is 0.318. The minimum absolute atomic E-state index is 0.0715. The Morgan fingerprint density at radius 2 is 1.88 bits per heavy atom. The number of carboxylic acids is 1. The molecule has 4 aromatic rings. The minimum Gasteiger partial charge on any atom is -0.480 e. The van der Waals surface area contributed by atoms with Crippen molar-refractivity contribution in [3.8, 4) is 11.4 Å². The number of nitrogens with zero attached hydrogens (tertiary/aromatic N) is 2. The molecule has 0 atom stereocenters. The summed E-state index contributed by atoms with van der Waals surface area (Å²) in [6.45, 7) is 3.55. The van der Waals surface area contributed by atoms with Crippen molar-refractivity contribution in [1.82, 2.24) is 14.9 Å². The summed E-state index contributed by atoms with van der Waals surface area (Å²) in [6.07, 6.45) is 3.39. The molecule has 2 aromatic heterocycles. The second kappa shape index (κ2) is 8.71. The lowest BCUT2D eigenvalue weighted by Gasteiger charge is -2.04. The first-order valence-corrected chi connectivity index (χ1v) is 11.8. The van der Waals surface area contributed by atoms with E-state index in [1.807, 2.05) is 16.9 Å². The zero-order chi connectivity index (χ0) is 22.9. The topological polar surface area (TPSA) is 136 Å². The van der Waals surface area contributed by atoms with Crippen molar-refractivity contribution in [2.24, 2.45) is 0 Å². The van der Waals surface area contributed by atoms with E-state index in [1.165, 1.54) is 18.6 Å². The van der Waals surface area contributed by atoms with Crippen LogP contribution in [0.5, 0.6) is 0 Å². The highest BCUT2D eigenvalue weighted by atomic mass is 32.2. The number of aliphatic carboxylic acids is 1. The van der Waals surface area contributed by atoms with Gasteiger partial charge >= 0.3 is 5.97 Å². The van der Waals surface area contributed by atoms with Crippen LogP contribution >= 0.6 is 0 Å². The molecule has 0 radical (unpaired) electrons. The van der Waals surface area contributed by atoms with Crippen LogP contribution in [-0.4, -0.2) is 36.2 Å². The second-order valence-electron chi connectivity index (χ2n) is 7.63. The van der Waals surface area contributed by atoms with E-state index in [9.17, 15) is 13.2 Å². The molecule has 168 valence electrons. The summed E-state index contributed by atoms with van der Waals surface area (Å²) in [5, 5.41) is 14.2. The van der Waals surface area contributed by atoms with Gasteiger partial charge in [-0.15, -0.1) is 0 Å². The molecule has 1 aliphatic rings. The summed E-state index contributed by atoms with van der Waals surface area (Å²) in [7, 11) is -3.96. The fourth-order valence-corrected chi connectivity index (χ4v) is 4.14. The molecule has 2 heterocycles. The monoisotopic (exact) mass is 457 g/mol. The number of hydrogen-bond donors (Lipinski definition) is 2. The Balaban J connectivity index is 0.000000775. The van der Waals surface area contributed by atoms with Gasteiger partial charge in [0.15, 0.2) is 0 Å². The third kappa shape index (κ3) is 4.51. The molecule has 0 saturated heterocycles. The number of rotatable bonds is 6. The number of sulfonamides is 1. The number of hydrogen-bond acceptors (Lipinski definition) is 7. The van der Waals surface area contributed by atoms with E-state index < -0.39 is 22.5 Å². The number of benzene rings is 2. The van der Waals surface area contributed by atoms with Gasteiger partial charge in [0.2, 0.25) is 21.7 Å². The van der Waals surface area contributed by atoms with Crippen molar-refractivity contribution in [1.29, 1.82) is 0 Å². The number of fused-ring (bicyclic) bond motifs is 3. The second-order valence-corrected chi connectivity index (χ2v) is 9.39. The Bertz CT molecular complexity index is 1390. The molecule has 0 unspecified atom stereocenters. The Morgan fingerprint density at radius 3 is 2.56 bits per heavy atom. The predicted molar refractivity (Wildman–Crippen MR) is 118 cm³/mol. The van der Waals surface area contributed by atoms with Crippen molar-refractivity contribution in [3.63, 3.8) is 0 Å². The first kappa shape index (κ1) is 22.0. The van der Waals surface area contributed by atoms with Crippen LogP contribution in [0.15, 0.2) is 50.2 Å². The highest BCUT2D eigenvalue weighted by Crippen LogP contribution is 2.40. The Hall–Kier alpha value is -3.24. The first-order valence-electron chi connectivity index (χ1n) is 10.3. The van der Waals surface area contributed by atoms with Gasteiger partial charge < -0.3 is 14.0 Å². The van der Waals surface area contributed by atoms with Gasteiger partial charge in [-0.1, -0.05) is 25.4 Å². The van der Waals surface area contributed by atoms with Crippen LogP contribution < -0.4 is 4.72 Å². The maximum atomic E-state index is 12.3. The maximum absolute atomic E-state index is 12.3. The molecule has 32 heavy (non-hydrogen) atoms. The minimum atomic E-state index is -3.96. The number of aromatic nitrogens is 2. The lowest BCUT2D eigenvalue weighted by Crippen LogP contribution is -2.29. The molecule has 10 heteroatoms. The van der Waals surface area contributed by atoms with Crippen LogP contribution in [0.3, 0.4) is 0 Å². The fourth-order valence-electron chi connectivity index (χ4n) is 3.15. The average molecular weight is 458 g/mol. The third-order valence-corrected chi connectivity index (χ3v) is 6.19. The van der Waals surface area contributed by atoms with Crippen molar-refractivity contribution < 1.29 is 27.3 Å². The van der Waals surface area contributed by atoms with E-state index >= 15 is 0 Å². The van der Waals surface area contributed by atoms with E-state index in [4.69, 9.17) is 14.0 Å². The zero-order valence-corrected chi connectivity index (χ0v) is 18.5. The molecule has 0 aliphatic heterocycles. The molecule has 0 bridgehead atoms. The predicted octanol–water partition coefficient (Wildman–Crippen LogP) is 4.29. The van der Waals surface area contributed by atoms with E-state index in [0.717, 1.165) is 29.2 Å². The summed E-state index contributed by atoms with van der Waals surface area (Å²) in [5.41, 5.74) is 1.74. The van der Waals surface area contributed by atoms with Crippen molar-refractivity contribution in [2.75, 3.05) is 6.54 Å². The van der Waals surface area contributed by atoms with Crippen LogP contribution in [0.1, 0.15) is 44.9 Å². The summed E-state index contributed by atoms with van der Waals surface area (Å²) < 4.78 is 37.6. The van der Waals surface area contributed by atoms with Crippen molar-refractivity contribution in [2.45, 2.75) is 43.9 Å². The highest BCUT2D eigenvalue weighted by Gasteiger charge is 2.29. The van der Waals surface area contributed by atoms with Crippen LogP contribution in [-0.2, 0) is 14.8 Å². The van der Waals surface area contributed by atoms with Crippen LogP contribution in [0.4, 0.5) is 0 Å². The lowest BCUT2D eigenvalue weighted by atomic mass is 10.1. The average Bonchev–Trinajstić information content (AvgIpc) is 3.38. The van der Waals surface area contributed by atoms with E-state index in [-0.39, 0.29) is 4.90 Å². The molecule has 2 aromatic carbocycles. The number of furan rings is 1. The quantitative estimate of drug-likeness (QED) is 0.438. The van der Waals surface area contributed by atoms with Crippen LogP contribution in [0, 0.1) is 0 Å². The molecule has 0 amide bonds.